The van der Waals surface area contributed by atoms with Gasteiger partial charge in [-0.15, -0.1) is 0 Å². The predicted molar refractivity (Wildman–Crippen MR) is 108 cm³/mol. The number of methoxy groups -OCH3 is 1. The molecule has 0 bridgehead atoms. The van der Waals surface area contributed by atoms with E-state index in [4.69, 9.17) is 4.74 Å². The van der Waals surface area contributed by atoms with Gasteiger partial charge in [0, 0.05) is 11.2 Å². The van der Waals surface area contributed by atoms with Crippen molar-refractivity contribution in [2.75, 3.05) is 23.5 Å². The number of amides is 1. The Morgan fingerprint density at radius 3 is 2.67 bits per heavy atom. The zero-order valence-corrected chi connectivity index (χ0v) is 17.0. The predicted octanol–water partition coefficient (Wildman–Crippen LogP) is 2.88. The number of carbonyl (C=O) groups excluding carboxylic acids is 1. The molecule has 4 rings (SSSR count). The number of hydrogen-bond donors (Lipinski definition) is 0. The number of hydrogen-bond acceptors (Lipinski definition) is 5. The van der Waals surface area contributed by atoms with Gasteiger partial charge in [-0.1, -0.05) is 43.2 Å². The highest BCUT2D eigenvalue weighted by Gasteiger charge is 2.50. The summed E-state index contributed by atoms with van der Waals surface area (Å²) < 4.78 is 29.8. The van der Waals surface area contributed by atoms with Gasteiger partial charge in [-0.3, -0.25) is 4.79 Å². The first-order chi connectivity index (χ1) is 13.0. The maximum atomic E-state index is 12.8. The molecule has 8 heteroatoms. The maximum Gasteiger partial charge on any atom is 0.251 e. The van der Waals surface area contributed by atoms with E-state index in [0.717, 1.165) is 31.4 Å². The number of nitrogens with zero attached hydrogens (tertiary/aromatic N) is 2. The highest BCUT2D eigenvalue weighted by atomic mass is 32.2. The van der Waals surface area contributed by atoms with Crippen LogP contribution in [0, 0.1) is 5.92 Å². The molecule has 2 saturated heterocycles. The van der Waals surface area contributed by atoms with E-state index in [1.54, 1.807) is 7.11 Å². The Balaban J connectivity index is 1.70. The fourth-order valence-electron chi connectivity index (χ4n) is 4.21. The second-order valence-electron chi connectivity index (χ2n) is 7.41. The number of carbonyl (C=O) groups is 1. The monoisotopic (exact) mass is 408 g/mol. The van der Waals surface area contributed by atoms with Crippen LogP contribution in [-0.2, 0) is 14.6 Å². The molecule has 0 N–H and O–H groups in total. The molecule has 3 fully saturated rings. The van der Waals surface area contributed by atoms with Crippen LogP contribution in [0.5, 0.6) is 5.75 Å². The van der Waals surface area contributed by atoms with Crippen LogP contribution in [0.25, 0.3) is 0 Å². The number of benzene rings is 1. The number of anilines is 1. The summed E-state index contributed by atoms with van der Waals surface area (Å²) in [5.74, 6) is 0.792. The van der Waals surface area contributed by atoms with Gasteiger partial charge < -0.3 is 9.64 Å². The van der Waals surface area contributed by atoms with Gasteiger partial charge in [0.1, 0.15) is 5.75 Å². The highest BCUT2D eigenvalue weighted by Crippen LogP contribution is 2.44. The second kappa shape index (κ2) is 7.47. The van der Waals surface area contributed by atoms with Gasteiger partial charge in [0.2, 0.25) is 0 Å². The van der Waals surface area contributed by atoms with Crippen LogP contribution < -0.4 is 9.64 Å². The molecule has 1 saturated carbocycles. The molecule has 2 aliphatic heterocycles. The van der Waals surface area contributed by atoms with E-state index in [9.17, 15) is 13.2 Å². The molecule has 146 valence electrons. The molecular formula is C19H24N2O4S2. The van der Waals surface area contributed by atoms with Crippen LogP contribution in [0.3, 0.4) is 0 Å². The molecule has 6 nitrogen and oxygen atoms in total. The van der Waals surface area contributed by atoms with Crippen LogP contribution in [0.4, 0.5) is 5.69 Å². The number of sulfone groups is 1. The Kier molecular flexibility index (Phi) is 5.20. The fraction of sp³-hybridized carbons (Fsp3) is 0.579. The molecule has 1 amide bonds. The van der Waals surface area contributed by atoms with E-state index >= 15 is 0 Å². The minimum atomic E-state index is -3.08. The zero-order chi connectivity index (χ0) is 19.0. The van der Waals surface area contributed by atoms with Crippen LogP contribution in [0.1, 0.15) is 32.1 Å². The van der Waals surface area contributed by atoms with Gasteiger partial charge >= 0.3 is 0 Å². The van der Waals surface area contributed by atoms with Crippen molar-refractivity contribution in [3.8, 4) is 5.75 Å². The van der Waals surface area contributed by atoms with Gasteiger partial charge in [-0.2, -0.15) is 4.99 Å². The average molecular weight is 409 g/mol. The number of para-hydroxylation sites is 2. The van der Waals surface area contributed by atoms with Crippen LogP contribution >= 0.6 is 11.8 Å². The molecule has 0 unspecified atom stereocenters. The van der Waals surface area contributed by atoms with E-state index in [1.165, 1.54) is 18.2 Å². The summed E-state index contributed by atoms with van der Waals surface area (Å²) in [5, 5.41) is 0.512. The van der Waals surface area contributed by atoms with Crippen molar-refractivity contribution in [1.29, 1.82) is 0 Å². The van der Waals surface area contributed by atoms with Gasteiger partial charge in [-0.05, 0) is 25.0 Å². The number of fused-ring (bicyclic) bond motifs is 1. The van der Waals surface area contributed by atoms with Crippen molar-refractivity contribution >= 4 is 38.4 Å². The lowest BCUT2D eigenvalue weighted by atomic mass is 9.89. The summed E-state index contributed by atoms with van der Waals surface area (Å²) in [7, 11) is -1.49. The molecule has 27 heavy (non-hydrogen) atoms. The third-order valence-corrected chi connectivity index (χ3v) is 8.78. The molecule has 2 heterocycles. The quantitative estimate of drug-likeness (QED) is 0.765. The van der Waals surface area contributed by atoms with Crippen molar-refractivity contribution < 1.29 is 17.9 Å². The van der Waals surface area contributed by atoms with Gasteiger partial charge in [-0.25, -0.2) is 8.42 Å². The Morgan fingerprint density at radius 2 is 1.93 bits per heavy atom. The zero-order valence-electron chi connectivity index (χ0n) is 15.3. The lowest BCUT2D eigenvalue weighted by Gasteiger charge is -2.26. The maximum absolute atomic E-state index is 12.8. The fourth-order valence-corrected chi connectivity index (χ4v) is 8.12. The second-order valence-corrected chi connectivity index (χ2v) is 10.8. The smallest absolute Gasteiger partial charge is 0.251 e. The standard InChI is InChI=1S/C19H24N2O4S2/c1-25-16-10-6-5-9-14(16)21-15-11-27(23,24)12-17(15)26-19(21)20-18(22)13-7-3-2-4-8-13/h5-6,9-10,13,15,17H,2-4,7-8,11-12H2,1H3/t15-,17+/m0/s1. The molecule has 3 aliphatic rings. The Morgan fingerprint density at radius 1 is 1.19 bits per heavy atom. The van der Waals surface area contributed by atoms with Crippen LogP contribution in [0.2, 0.25) is 0 Å². The molecule has 0 radical (unpaired) electrons. The first-order valence-electron chi connectivity index (χ1n) is 9.40. The van der Waals surface area contributed by atoms with Crippen molar-refractivity contribution in [3.05, 3.63) is 24.3 Å². The van der Waals surface area contributed by atoms with Crippen molar-refractivity contribution in [3.63, 3.8) is 0 Å². The SMILES string of the molecule is COc1ccccc1N1C(=NC(=O)C2CCCCC2)S[C@@H]2CS(=O)(=O)C[C@@H]21. The third kappa shape index (κ3) is 3.74. The Bertz CT molecular complexity index is 862. The van der Waals surface area contributed by atoms with Crippen LogP contribution in [0.15, 0.2) is 29.3 Å². The first kappa shape index (κ1) is 18.8. The van der Waals surface area contributed by atoms with Crippen LogP contribution in [-0.4, -0.2) is 49.4 Å². The van der Waals surface area contributed by atoms with Crippen molar-refractivity contribution in [2.45, 2.75) is 43.4 Å². The lowest BCUT2D eigenvalue weighted by molar-refractivity contribution is -0.122. The topological polar surface area (TPSA) is 76.0 Å². The molecule has 1 aromatic carbocycles. The summed E-state index contributed by atoms with van der Waals surface area (Å²) >= 11 is 1.42. The minimum absolute atomic E-state index is 0.00413. The third-order valence-electron chi connectivity index (χ3n) is 5.57. The molecule has 2 atom stereocenters. The van der Waals surface area contributed by atoms with Crippen molar-refractivity contribution in [1.82, 2.24) is 0 Å². The molecular weight excluding hydrogens is 384 g/mol. The first-order valence-corrected chi connectivity index (χ1v) is 12.1. The summed E-state index contributed by atoms with van der Waals surface area (Å²) in [6, 6.07) is 7.29. The van der Waals surface area contributed by atoms with E-state index in [1.807, 2.05) is 29.2 Å². The number of rotatable bonds is 3. The lowest BCUT2D eigenvalue weighted by Crippen LogP contribution is -2.38. The number of ether oxygens (including phenoxy) is 1. The van der Waals surface area contributed by atoms with E-state index in [2.05, 4.69) is 4.99 Å². The Labute approximate surface area is 164 Å². The highest BCUT2D eigenvalue weighted by molar-refractivity contribution is 8.16. The average Bonchev–Trinajstić information content (AvgIpc) is 3.13. The minimum Gasteiger partial charge on any atom is -0.495 e. The molecule has 0 aromatic heterocycles. The normalized spacial score (nSPS) is 29.1. The summed E-state index contributed by atoms with van der Waals surface area (Å²) in [5.41, 5.74) is 0.771. The van der Waals surface area contributed by atoms with Gasteiger partial charge in [0.15, 0.2) is 15.0 Å². The summed E-state index contributed by atoms with van der Waals surface area (Å²) in [6.45, 7) is 0. The van der Waals surface area contributed by atoms with Gasteiger partial charge in [0.05, 0.1) is 30.3 Å². The Hall–Kier alpha value is -1.54. The largest absolute Gasteiger partial charge is 0.495 e. The summed E-state index contributed by atoms with van der Waals surface area (Å²) in [4.78, 5) is 19.2. The summed E-state index contributed by atoms with van der Waals surface area (Å²) in [6.07, 6.45) is 5.14. The van der Waals surface area contributed by atoms with E-state index in [-0.39, 0.29) is 34.6 Å². The van der Waals surface area contributed by atoms with Gasteiger partial charge in [0.25, 0.3) is 5.91 Å². The molecule has 0 spiro atoms. The molecule has 1 aliphatic carbocycles. The van der Waals surface area contributed by atoms with Crippen molar-refractivity contribution in [2.24, 2.45) is 10.9 Å². The van der Waals surface area contributed by atoms with E-state index < -0.39 is 9.84 Å². The molecule has 1 aromatic rings. The number of aliphatic imine (C=N–C) groups is 1. The number of amidine groups is 1. The van der Waals surface area contributed by atoms with E-state index in [0.29, 0.717) is 10.9 Å². The number of thioether (sulfide) groups is 1.